The van der Waals surface area contributed by atoms with Gasteiger partial charge in [-0.15, -0.1) is 26.3 Å². The summed E-state index contributed by atoms with van der Waals surface area (Å²) in [7, 11) is 0. The maximum absolute atomic E-state index is 14.0. The fourth-order valence-electron chi connectivity index (χ4n) is 4.91. The van der Waals surface area contributed by atoms with Crippen LogP contribution < -0.4 is 9.47 Å². The van der Waals surface area contributed by atoms with E-state index >= 15 is 0 Å². The van der Waals surface area contributed by atoms with Crippen LogP contribution >= 0.6 is 0 Å². The van der Waals surface area contributed by atoms with Crippen molar-refractivity contribution < 1.29 is 40.6 Å². The number of rotatable bonds is 6. The van der Waals surface area contributed by atoms with Crippen LogP contribution in [0.2, 0.25) is 0 Å². The quantitative estimate of drug-likeness (QED) is 0.458. The maximum atomic E-state index is 14.0. The van der Waals surface area contributed by atoms with Crippen molar-refractivity contribution in [3.8, 4) is 11.5 Å². The lowest BCUT2D eigenvalue weighted by Gasteiger charge is -2.51. The van der Waals surface area contributed by atoms with Crippen molar-refractivity contribution in [2.24, 2.45) is 0 Å². The van der Waals surface area contributed by atoms with E-state index in [0.29, 0.717) is 38.5 Å². The number of benzene rings is 2. The van der Waals surface area contributed by atoms with Crippen molar-refractivity contribution in [2.75, 3.05) is 0 Å². The smallest absolute Gasteiger partial charge is 0.405 e. The van der Waals surface area contributed by atoms with Gasteiger partial charge in [-0.25, -0.2) is 0 Å². The van der Waals surface area contributed by atoms with E-state index in [1.165, 1.54) is 36.4 Å². The molecule has 0 bridgehead atoms. The van der Waals surface area contributed by atoms with Gasteiger partial charge in [0.15, 0.2) is 5.78 Å². The summed E-state index contributed by atoms with van der Waals surface area (Å²) in [5, 5.41) is 0. The van der Waals surface area contributed by atoms with Crippen molar-refractivity contribution in [3.63, 3.8) is 0 Å². The van der Waals surface area contributed by atoms with Crippen molar-refractivity contribution >= 4 is 5.78 Å². The number of carbonyl (C=O) groups is 1. The molecule has 2 saturated carbocycles. The van der Waals surface area contributed by atoms with Crippen LogP contribution in [0.1, 0.15) is 49.7 Å². The van der Waals surface area contributed by atoms with Crippen LogP contribution in [0.4, 0.5) is 26.3 Å². The summed E-state index contributed by atoms with van der Waals surface area (Å²) in [5.74, 6) is -1.29. The second-order valence-electron chi connectivity index (χ2n) is 8.29. The Morgan fingerprint density at radius 3 is 1.28 bits per heavy atom. The second kappa shape index (κ2) is 7.71. The minimum Gasteiger partial charge on any atom is -0.405 e. The van der Waals surface area contributed by atoms with Crippen LogP contribution in [-0.2, 0) is 15.6 Å². The van der Waals surface area contributed by atoms with E-state index in [1.54, 1.807) is 0 Å². The van der Waals surface area contributed by atoms with Crippen LogP contribution in [0, 0.1) is 0 Å². The molecule has 0 radical (unpaired) electrons. The van der Waals surface area contributed by atoms with Crippen LogP contribution in [0.25, 0.3) is 0 Å². The lowest BCUT2D eigenvalue weighted by Crippen LogP contribution is -2.56. The fraction of sp³-hybridized carbons (Fsp3) is 0.435. The molecule has 2 aliphatic rings. The monoisotopic (exact) mass is 458 g/mol. The van der Waals surface area contributed by atoms with Gasteiger partial charge in [0.25, 0.3) is 0 Å². The van der Waals surface area contributed by atoms with Crippen molar-refractivity contribution in [1.82, 2.24) is 0 Å². The first-order valence-electron chi connectivity index (χ1n) is 10.2. The number of hydrogen-bond donors (Lipinski definition) is 0. The number of Topliss-reactive ketones (excluding diaryl/α,β-unsaturated/α-hetero) is 1. The Kier molecular flexibility index (Phi) is 5.41. The molecule has 4 rings (SSSR count). The highest BCUT2D eigenvalue weighted by Gasteiger charge is 2.59. The molecule has 172 valence electrons. The number of carbonyl (C=O) groups excluding carboxylic acids is 1. The average Bonchev–Trinajstić information content (AvgIpc) is 2.60. The van der Waals surface area contributed by atoms with Crippen LogP contribution in [0.3, 0.4) is 0 Å². The summed E-state index contributed by atoms with van der Waals surface area (Å²) >= 11 is 0. The highest BCUT2D eigenvalue weighted by molar-refractivity contribution is 6.01. The van der Waals surface area contributed by atoms with Crippen LogP contribution in [0.5, 0.6) is 11.5 Å². The van der Waals surface area contributed by atoms with E-state index in [9.17, 15) is 31.1 Å². The summed E-state index contributed by atoms with van der Waals surface area (Å²) < 4.78 is 86.3. The van der Waals surface area contributed by atoms with Gasteiger partial charge < -0.3 is 9.47 Å². The molecule has 2 aromatic rings. The summed E-state index contributed by atoms with van der Waals surface area (Å²) in [5.41, 5.74) is -2.27. The summed E-state index contributed by atoms with van der Waals surface area (Å²) in [6, 6.07) is 11.0. The molecule has 3 nitrogen and oxygen atoms in total. The lowest BCUT2D eigenvalue weighted by atomic mass is 9.50. The van der Waals surface area contributed by atoms with E-state index in [0.717, 1.165) is 12.1 Å². The zero-order valence-corrected chi connectivity index (χ0v) is 16.9. The Hall–Kier alpha value is -2.71. The van der Waals surface area contributed by atoms with Crippen molar-refractivity contribution in [3.05, 3.63) is 59.7 Å². The number of hydrogen-bond acceptors (Lipinski definition) is 3. The first kappa shape index (κ1) is 22.5. The highest BCUT2D eigenvalue weighted by Crippen LogP contribution is 2.58. The molecule has 2 aromatic carbocycles. The van der Waals surface area contributed by atoms with E-state index in [2.05, 4.69) is 9.47 Å². The number of para-hydroxylation sites is 2. The van der Waals surface area contributed by atoms with Gasteiger partial charge in [0.05, 0.1) is 10.8 Å². The number of halogens is 6. The zero-order valence-electron chi connectivity index (χ0n) is 16.9. The third-order valence-electron chi connectivity index (χ3n) is 6.54. The van der Waals surface area contributed by atoms with Gasteiger partial charge in [0.2, 0.25) is 0 Å². The average molecular weight is 458 g/mol. The molecule has 2 aliphatic carbocycles. The molecule has 0 N–H and O–H groups in total. The fourth-order valence-corrected chi connectivity index (χ4v) is 4.91. The topological polar surface area (TPSA) is 35.5 Å². The van der Waals surface area contributed by atoms with E-state index in [1.807, 2.05) is 0 Å². The minimum absolute atomic E-state index is 0.120. The molecule has 0 unspecified atom stereocenters. The van der Waals surface area contributed by atoms with Gasteiger partial charge in [-0.2, -0.15) is 0 Å². The number of ether oxygens (including phenoxy) is 2. The molecule has 2 fully saturated rings. The molecule has 0 aromatic heterocycles. The van der Waals surface area contributed by atoms with Crippen molar-refractivity contribution in [1.29, 1.82) is 0 Å². The van der Waals surface area contributed by atoms with Gasteiger partial charge in [-0.1, -0.05) is 49.2 Å². The Labute approximate surface area is 180 Å². The van der Waals surface area contributed by atoms with E-state index < -0.39 is 35.1 Å². The van der Waals surface area contributed by atoms with Gasteiger partial charge >= 0.3 is 12.7 Å². The molecular formula is C23H20F6O3. The molecule has 0 spiro atoms. The molecule has 32 heavy (non-hydrogen) atoms. The summed E-state index contributed by atoms with van der Waals surface area (Å²) in [4.78, 5) is 14.0. The maximum Gasteiger partial charge on any atom is 0.573 e. The summed E-state index contributed by atoms with van der Waals surface area (Å²) in [6.07, 6.45) is -7.45. The normalized spacial score (nSPS) is 19.4. The SMILES string of the molecule is O=C(C1(c2ccccc2OC(F)(F)F)CCC1)C1(c2ccccc2OC(F)(F)F)CCC1. The molecule has 9 heteroatoms. The second-order valence-corrected chi connectivity index (χ2v) is 8.29. The summed E-state index contributed by atoms with van der Waals surface area (Å²) in [6.45, 7) is 0. The molecule has 0 saturated heterocycles. The van der Waals surface area contributed by atoms with E-state index in [-0.39, 0.29) is 16.9 Å². The predicted octanol–water partition coefficient (Wildman–Crippen LogP) is 6.60. The molecule has 0 atom stereocenters. The van der Waals surface area contributed by atoms with Gasteiger partial charge in [-0.05, 0) is 37.8 Å². The minimum atomic E-state index is -4.94. The Bertz CT molecular complexity index is 924. The molecule has 0 heterocycles. The first-order valence-corrected chi connectivity index (χ1v) is 10.2. The Morgan fingerprint density at radius 1 is 0.656 bits per heavy atom. The predicted molar refractivity (Wildman–Crippen MR) is 102 cm³/mol. The van der Waals surface area contributed by atoms with E-state index in [4.69, 9.17) is 0 Å². The Balaban J connectivity index is 1.78. The Morgan fingerprint density at radius 2 is 1.00 bits per heavy atom. The van der Waals surface area contributed by atoms with Gasteiger partial charge in [0, 0.05) is 11.1 Å². The van der Waals surface area contributed by atoms with Crippen molar-refractivity contribution in [2.45, 2.75) is 62.1 Å². The number of alkyl halides is 6. The molecular weight excluding hydrogens is 438 g/mol. The van der Waals surface area contributed by atoms with Gasteiger partial charge in [0.1, 0.15) is 11.5 Å². The number of ketones is 1. The zero-order chi connectivity index (χ0) is 23.2. The molecule has 0 aliphatic heterocycles. The third kappa shape index (κ3) is 3.93. The highest BCUT2D eigenvalue weighted by atomic mass is 19.4. The lowest BCUT2D eigenvalue weighted by molar-refractivity contribution is -0.276. The largest absolute Gasteiger partial charge is 0.573 e. The third-order valence-corrected chi connectivity index (χ3v) is 6.54. The van der Waals surface area contributed by atoms with Crippen LogP contribution in [-0.4, -0.2) is 18.5 Å². The first-order chi connectivity index (χ1) is 15.0. The molecule has 0 amide bonds. The van der Waals surface area contributed by atoms with Gasteiger partial charge in [-0.3, -0.25) is 4.79 Å². The standard InChI is InChI=1S/C23H20F6O3/c24-22(25,26)31-17-9-3-1-7-15(17)20(11-5-12-20)19(30)21(13-6-14-21)16-8-2-4-10-18(16)32-23(27,28)29/h1-4,7-10H,5-6,11-14H2. The van der Waals surface area contributed by atoms with Crippen LogP contribution in [0.15, 0.2) is 48.5 Å².